The molecule has 0 spiro atoms. The van der Waals surface area contributed by atoms with Gasteiger partial charge in [0.05, 0.1) is 5.39 Å². The van der Waals surface area contributed by atoms with Crippen LogP contribution in [0.4, 0.5) is 5.82 Å². The molecule has 1 aliphatic rings. The van der Waals surface area contributed by atoms with Crippen molar-refractivity contribution in [1.82, 2.24) is 19.9 Å². The fourth-order valence-corrected chi connectivity index (χ4v) is 3.10. The van der Waals surface area contributed by atoms with Gasteiger partial charge >= 0.3 is 5.69 Å². The van der Waals surface area contributed by atoms with Gasteiger partial charge in [0.1, 0.15) is 11.5 Å². The molecule has 7 nitrogen and oxygen atoms in total. The molecule has 126 valence electrons. The summed E-state index contributed by atoms with van der Waals surface area (Å²) in [6, 6.07) is 13.0. The monoisotopic (exact) mass is 335 g/mol. The zero-order valence-electron chi connectivity index (χ0n) is 13.6. The number of piperazine rings is 1. The number of rotatable bonds is 2. The van der Waals surface area contributed by atoms with Crippen LogP contribution in [0.3, 0.4) is 0 Å². The average Bonchev–Trinajstić information content (AvgIpc) is 2.67. The minimum atomic E-state index is -0.413. The summed E-state index contributed by atoms with van der Waals surface area (Å²) >= 11 is 0. The van der Waals surface area contributed by atoms with Gasteiger partial charge in [-0.3, -0.25) is 9.78 Å². The van der Waals surface area contributed by atoms with Gasteiger partial charge in [-0.15, -0.1) is 0 Å². The zero-order valence-corrected chi connectivity index (χ0v) is 13.6. The Labute approximate surface area is 143 Å². The van der Waals surface area contributed by atoms with E-state index < -0.39 is 5.69 Å². The second-order valence-corrected chi connectivity index (χ2v) is 5.91. The van der Waals surface area contributed by atoms with Crippen molar-refractivity contribution in [3.05, 3.63) is 64.7 Å². The van der Waals surface area contributed by atoms with Gasteiger partial charge in [-0.05, 0) is 24.3 Å². The molecule has 1 aromatic carbocycles. The van der Waals surface area contributed by atoms with Gasteiger partial charge in [0.2, 0.25) is 0 Å². The molecule has 0 aliphatic carbocycles. The number of benzene rings is 1. The number of amides is 1. The molecule has 3 heterocycles. The lowest BCUT2D eigenvalue weighted by molar-refractivity contribution is 0.0746. The SMILES string of the molecule is O=C(c1ccccc1)N1CCN(c2nc(=O)[nH]c3ncccc23)CC1. The Balaban J connectivity index is 1.55. The number of nitrogens with one attached hydrogen (secondary N) is 1. The Morgan fingerprint density at radius 3 is 2.52 bits per heavy atom. The molecule has 0 saturated carbocycles. The molecule has 0 atom stereocenters. The van der Waals surface area contributed by atoms with Crippen molar-refractivity contribution in [3.8, 4) is 0 Å². The van der Waals surface area contributed by atoms with Gasteiger partial charge in [-0.1, -0.05) is 18.2 Å². The highest BCUT2D eigenvalue weighted by Crippen LogP contribution is 2.21. The first kappa shape index (κ1) is 15.3. The van der Waals surface area contributed by atoms with Crippen LogP contribution in [-0.4, -0.2) is 51.9 Å². The number of fused-ring (bicyclic) bond motifs is 1. The van der Waals surface area contributed by atoms with Crippen LogP contribution in [0.25, 0.3) is 11.0 Å². The first-order chi connectivity index (χ1) is 12.2. The quantitative estimate of drug-likeness (QED) is 0.763. The molecule has 4 rings (SSSR count). The largest absolute Gasteiger partial charge is 0.352 e. The molecule has 2 aromatic heterocycles. The van der Waals surface area contributed by atoms with Crippen LogP contribution in [0.5, 0.6) is 0 Å². The van der Waals surface area contributed by atoms with Crippen molar-refractivity contribution < 1.29 is 4.79 Å². The Bertz CT molecular complexity index is 962. The van der Waals surface area contributed by atoms with Crippen LogP contribution in [0.2, 0.25) is 0 Å². The number of anilines is 1. The Morgan fingerprint density at radius 2 is 1.76 bits per heavy atom. The van der Waals surface area contributed by atoms with Gasteiger partial charge in [0, 0.05) is 37.9 Å². The molecule has 0 bridgehead atoms. The topological polar surface area (TPSA) is 82.2 Å². The fraction of sp³-hybridized carbons (Fsp3) is 0.222. The van der Waals surface area contributed by atoms with Crippen molar-refractivity contribution in [1.29, 1.82) is 0 Å². The number of hydrogen-bond donors (Lipinski definition) is 1. The first-order valence-electron chi connectivity index (χ1n) is 8.17. The van der Waals surface area contributed by atoms with Gasteiger partial charge < -0.3 is 9.80 Å². The third-order valence-electron chi connectivity index (χ3n) is 4.37. The smallest absolute Gasteiger partial charge is 0.348 e. The van der Waals surface area contributed by atoms with Crippen molar-refractivity contribution >= 4 is 22.8 Å². The van der Waals surface area contributed by atoms with Gasteiger partial charge in [0.25, 0.3) is 5.91 Å². The summed E-state index contributed by atoms with van der Waals surface area (Å²) in [6.07, 6.45) is 1.64. The molecule has 1 N–H and O–H groups in total. The number of aromatic nitrogens is 3. The second-order valence-electron chi connectivity index (χ2n) is 5.91. The van der Waals surface area contributed by atoms with Crippen molar-refractivity contribution in [3.63, 3.8) is 0 Å². The molecule has 7 heteroatoms. The van der Waals surface area contributed by atoms with E-state index in [9.17, 15) is 9.59 Å². The molecular formula is C18H17N5O2. The molecule has 1 aliphatic heterocycles. The second kappa shape index (κ2) is 6.35. The van der Waals surface area contributed by atoms with E-state index in [4.69, 9.17) is 0 Å². The summed E-state index contributed by atoms with van der Waals surface area (Å²) in [4.78, 5) is 39.2. The normalized spacial score (nSPS) is 14.7. The van der Waals surface area contributed by atoms with Crippen LogP contribution in [0.15, 0.2) is 53.5 Å². The summed E-state index contributed by atoms with van der Waals surface area (Å²) in [5.41, 5.74) is 0.809. The number of pyridine rings is 1. The molecular weight excluding hydrogens is 318 g/mol. The van der Waals surface area contributed by atoms with E-state index >= 15 is 0 Å². The molecule has 1 fully saturated rings. The predicted molar refractivity (Wildman–Crippen MR) is 94.7 cm³/mol. The van der Waals surface area contributed by atoms with Crippen LogP contribution in [0.1, 0.15) is 10.4 Å². The number of hydrogen-bond acceptors (Lipinski definition) is 5. The maximum absolute atomic E-state index is 12.5. The zero-order chi connectivity index (χ0) is 17.2. The van der Waals surface area contributed by atoms with Crippen molar-refractivity contribution in [2.75, 3.05) is 31.1 Å². The Kier molecular flexibility index (Phi) is 3.89. The Hall–Kier alpha value is -3.22. The molecule has 0 radical (unpaired) electrons. The summed E-state index contributed by atoms with van der Waals surface area (Å²) in [5.74, 6) is 0.657. The number of nitrogens with zero attached hydrogens (tertiary/aromatic N) is 4. The highest BCUT2D eigenvalue weighted by atomic mass is 16.2. The lowest BCUT2D eigenvalue weighted by Crippen LogP contribution is -2.49. The number of H-pyrrole nitrogens is 1. The van der Waals surface area contributed by atoms with Gasteiger partial charge in [-0.2, -0.15) is 4.98 Å². The first-order valence-corrected chi connectivity index (χ1v) is 8.17. The van der Waals surface area contributed by atoms with Crippen molar-refractivity contribution in [2.24, 2.45) is 0 Å². The standard InChI is InChI=1S/C18H17N5O2/c24-17(13-5-2-1-3-6-13)23-11-9-22(10-12-23)16-14-7-4-8-19-15(14)20-18(25)21-16/h1-8H,9-12H2,(H,19,20,21,25). The molecule has 25 heavy (non-hydrogen) atoms. The van der Waals surface area contributed by atoms with Crippen LogP contribution in [-0.2, 0) is 0 Å². The average molecular weight is 335 g/mol. The third-order valence-corrected chi connectivity index (χ3v) is 4.37. The minimum Gasteiger partial charge on any atom is -0.352 e. The summed E-state index contributed by atoms with van der Waals surface area (Å²) < 4.78 is 0. The van der Waals surface area contributed by atoms with E-state index in [1.165, 1.54) is 0 Å². The highest BCUT2D eigenvalue weighted by Gasteiger charge is 2.24. The summed E-state index contributed by atoms with van der Waals surface area (Å²) in [6.45, 7) is 2.42. The Morgan fingerprint density at radius 1 is 1.00 bits per heavy atom. The van der Waals surface area contributed by atoms with Crippen LogP contribution in [0, 0.1) is 0 Å². The number of carbonyl (C=O) groups excluding carboxylic acids is 1. The minimum absolute atomic E-state index is 0.0330. The van der Waals surface area contributed by atoms with E-state index in [1.54, 1.807) is 6.20 Å². The van der Waals surface area contributed by atoms with Crippen molar-refractivity contribution in [2.45, 2.75) is 0 Å². The number of aromatic amines is 1. The van der Waals surface area contributed by atoms with Crippen LogP contribution >= 0.6 is 0 Å². The third kappa shape index (κ3) is 2.96. The predicted octanol–water partition coefficient (Wildman–Crippen LogP) is 1.28. The summed E-state index contributed by atoms with van der Waals surface area (Å²) in [7, 11) is 0. The van der Waals surface area contributed by atoms with E-state index in [0.29, 0.717) is 43.2 Å². The lowest BCUT2D eigenvalue weighted by Gasteiger charge is -2.35. The highest BCUT2D eigenvalue weighted by molar-refractivity contribution is 5.94. The molecule has 3 aromatic rings. The summed E-state index contributed by atoms with van der Waals surface area (Å²) in [5, 5.41) is 0.810. The number of carbonyl (C=O) groups is 1. The molecule has 1 amide bonds. The maximum Gasteiger partial charge on any atom is 0.348 e. The van der Waals surface area contributed by atoms with Crippen LogP contribution < -0.4 is 10.6 Å². The van der Waals surface area contributed by atoms with E-state index in [1.807, 2.05) is 52.3 Å². The maximum atomic E-state index is 12.5. The lowest BCUT2D eigenvalue weighted by atomic mass is 10.2. The van der Waals surface area contributed by atoms with Gasteiger partial charge in [-0.25, -0.2) is 9.78 Å². The molecule has 0 unspecified atom stereocenters. The fourth-order valence-electron chi connectivity index (χ4n) is 3.10. The van der Waals surface area contributed by atoms with E-state index in [-0.39, 0.29) is 5.91 Å². The van der Waals surface area contributed by atoms with Gasteiger partial charge in [0.15, 0.2) is 0 Å². The molecule has 1 saturated heterocycles. The van der Waals surface area contributed by atoms with E-state index in [0.717, 1.165) is 5.39 Å². The van der Waals surface area contributed by atoms with E-state index in [2.05, 4.69) is 15.0 Å².